The number of carbonyl (C=O) groups is 1. The van der Waals surface area contributed by atoms with Crippen LogP contribution in [-0.2, 0) is 0 Å². The smallest absolute Gasteiger partial charge is 0.291 e. The second-order valence-electron chi connectivity index (χ2n) is 6.48. The van der Waals surface area contributed by atoms with E-state index in [2.05, 4.69) is 15.3 Å². The third kappa shape index (κ3) is 4.35. The molecule has 2 aromatic carbocycles. The summed E-state index contributed by atoms with van der Waals surface area (Å²) in [6.45, 7) is 3.87. The zero-order valence-electron chi connectivity index (χ0n) is 15.8. The average Bonchev–Trinajstić information content (AvgIpc) is 2.68. The van der Waals surface area contributed by atoms with Crippen molar-refractivity contribution in [3.05, 3.63) is 88.0 Å². The fraction of sp³-hybridized carbons (Fsp3) is 0.0909. The van der Waals surface area contributed by atoms with Crippen LogP contribution in [0.25, 0.3) is 11.0 Å². The fourth-order valence-corrected chi connectivity index (χ4v) is 3.72. The molecule has 0 saturated carbocycles. The predicted octanol–water partition coefficient (Wildman–Crippen LogP) is 4.60. The predicted molar refractivity (Wildman–Crippen MR) is 113 cm³/mol. The summed E-state index contributed by atoms with van der Waals surface area (Å²) < 4.78 is 5.57. The first-order chi connectivity index (χ1) is 14.0. The number of rotatable bonds is 4. The summed E-state index contributed by atoms with van der Waals surface area (Å²) in [5.74, 6) is -0.512. The van der Waals surface area contributed by atoms with Crippen molar-refractivity contribution in [2.24, 2.45) is 0 Å². The molecule has 2 heterocycles. The van der Waals surface area contributed by atoms with Crippen LogP contribution >= 0.6 is 11.8 Å². The van der Waals surface area contributed by atoms with Gasteiger partial charge in [-0.25, -0.2) is 9.97 Å². The van der Waals surface area contributed by atoms with Crippen molar-refractivity contribution in [3.8, 4) is 0 Å². The van der Waals surface area contributed by atoms with E-state index in [-0.39, 0.29) is 11.2 Å². The highest BCUT2D eigenvalue weighted by atomic mass is 32.2. The Hall–Kier alpha value is -3.45. The zero-order valence-corrected chi connectivity index (χ0v) is 16.6. The van der Waals surface area contributed by atoms with Crippen molar-refractivity contribution in [3.63, 3.8) is 0 Å². The first kappa shape index (κ1) is 18.9. The number of para-hydroxylation sites is 1. The lowest BCUT2D eigenvalue weighted by molar-refractivity contribution is 0.0997. The van der Waals surface area contributed by atoms with E-state index in [4.69, 9.17) is 4.42 Å². The van der Waals surface area contributed by atoms with E-state index < -0.39 is 5.91 Å². The van der Waals surface area contributed by atoms with Crippen molar-refractivity contribution >= 4 is 34.3 Å². The number of nitrogens with one attached hydrogen (secondary N) is 1. The van der Waals surface area contributed by atoms with E-state index >= 15 is 0 Å². The van der Waals surface area contributed by atoms with Gasteiger partial charge in [0.15, 0.2) is 16.3 Å². The SMILES string of the molecule is Cc1cc(C)nc(Sc2ccc(NC(=O)c3cc(=O)c4ccccc4o3)cc2)n1. The van der Waals surface area contributed by atoms with Crippen LogP contribution < -0.4 is 10.7 Å². The number of hydrogen-bond donors (Lipinski definition) is 1. The summed E-state index contributed by atoms with van der Waals surface area (Å²) in [6.07, 6.45) is 0. The van der Waals surface area contributed by atoms with Crippen molar-refractivity contribution in [1.29, 1.82) is 0 Å². The number of hydrogen-bond acceptors (Lipinski definition) is 6. The van der Waals surface area contributed by atoms with Crippen LogP contribution in [0, 0.1) is 13.8 Å². The molecule has 1 amide bonds. The minimum atomic E-state index is -0.481. The number of benzene rings is 2. The van der Waals surface area contributed by atoms with Gasteiger partial charge in [0, 0.05) is 28.0 Å². The molecule has 0 aliphatic carbocycles. The molecule has 6 nitrogen and oxygen atoms in total. The molecule has 0 saturated heterocycles. The Labute approximate surface area is 171 Å². The second kappa shape index (κ2) is 7.89. The fourth-order valence-electron chi connectivity index (χ4n) is 2.86. The highest BCUT2D eigenvalue weighted by molar-refractivity contribution is 7.99. The van der Waals surface area contributed by atoms with Crippen molar-refractivity contribution in [2.75, 3.05) is 5.32 Å². The van der Waals surface area contributed by atoms with Crippen LogP contribution in [0.5, 0.6) is 0 Å². The highest BCUT2D eigenvalue weighted by Crippen LogP contribution is 2.26. The number of aromatic nitrogens is 2. The number of aryl methyl sites for hydroxylation is 2. The first-order valence-corrected chi connectivity index (χ1v) is 9.74. The normalized spacial score (nSPS) is 10.8. The summed E-state index contributed by atoms with van der Waals surface area (Å²) in [4.78, 5) is 34.4. The zero-order chi connectivity index (χ0) is 20.4. The monoisotopic (exact) mass is 403 g/mol. The van der Waals surface area contributed by atoms with Gasteiger partial charge in [0.2, 0.25) is 0 Å². The van der Waals surface area contributed by atoms with Gasteiger partial charge >= 0.3 is 0 Å². The van der Waals surface area contributed by atoms with Crippen molar-refractivity contribution < 1.29 is 9.21 Å². The second-order valence-corrected chi connectivity index (χ2v) is 7.53. The molecular weight excluding hydrogens is 386 g/mol. The Morgan fingerprint density at radius 3 is 2.38 bits per heavy atom. The van der Waals surface area contributed by atoms with Gasteiger partial charge in [-0.05, 0) is 68.1 Å². The number of carbonyl (C=O) groups excluding carboxylic acids is 1. The maximum Gasteiger partial charge on any atom is 0.291 e. The molecule has 0 spiro atoms. The molecule has 0 fully saturated rings. The van der Waals surface area contributed by atoms with Gasteiger partial charge in [0.05, 0.1) is 5.39 Å². The van der Waals surface area contributed by atoms with Gasteiger partial charge in [0.1, 0.15) is 5.58 Å². The van der Waals surface area contributed by atoms with Gasteiger partial charge in [-0.2, -0.15) is 0 Å². The minimum absolute atomic E-state index is 0.0317. The molecule has 0 radical (unpaired) electrons. The van der Waals surface area contributed by atoms with E-state index in [9.17, 15) is 9.59 Å². The molecule has 2 aromatic heterocycles. The van der Waals surface area contributed by atoms with Gasteiger partial charge in [-0.1, -0.05) is 12.1 Å². The highest BCUT2D eigenvalue weighted by Gasteiger charge is 2.12. The van der Waals surface area contributed by atoms with Crippen LogP contribution in [0.4, 0.5) is 5.69 Å². The summed E-state index contributed by atoms with van der Waals surface area (Å²) in [5, 5.41) is 3.87. The number of anilines is 1. The molecule has 29 heavy (non-hydrogen) atoms. The van der Waals surface area contributed by atoms with Crippen LogP contribution in [0.2, 0.25) is 0 Å². The average molecular weight is 403 g/mol. The molecule has 0 unspecified atom stereocenters. The Morgan fingerprint density at radius 1 is 0.966 bits per heavy atom. The number of amides is 1. The maximum absolute atomic E-state index is 12.5. The van der Waals surface area contributed by atoms with Crippen LogP contribution in [0.1, 0.15) is 21.9 Å². The Kier molecular flexibility index (Phi) is 5.14. The lowest BCUT2D eigenvalue weighted by atomic mass is 10.2. The maximum atomic E-state index is 12.5. The van der Waals surface area contributed by atoms with E-state index in [1.54, 1.807) is 36.4 Å². The molecule has 0 aliphatic heterocycles. The van der Waals surface area contributed by atoms with E-state index in [0.29, 0.717) is 21.8 Å². The molecule has 4 aromatic rings. The Balaban J connectivity index is 1.50. The molecule has 0 aliphatic rings. The molecule has 7 heteroatoms. The third-order valence-corrected chi connectivity index (χ3v) is 5.01. The molecule has 0 bridgehead atoms. The van der Waals surface area contributed by atoms with Crippen molar-refractivity contribution in [2.45, 2.75) is 23.9 Å². The van der Waals surface area contributed by atoms with Gasteiger partial charge < -0.3 is 9.73 Å². The van der Waals surface area contributed by atoms with Crippen LogP contribution in [0.3, 0.4) is 0 Å². The summed E-state index contributed by atoms with van der Waals surface area (Å²) in [6, 6.07) is 17.3. The Bertz CT molecular complexity index is 1250. The first-order valence-electron chi connectivity index (χ1n) is 8.92. The topological polar surface area (TPSA) is 85.1 Å². The quantitative estimate of drug-likeness (QED) is 0.501. The third-order valence-electron chi connectivity index (χ3n) is 4.14. The van der Waals surface area contributed by atoms with Gasteiger partial charge in [0.25, 0.3) is 5.91 Å². The minimum Gasteiger partial charge on any atom is -0.451 e. The summed E-state index contributed by atoms with van der Waals surface area (Å²) in [5.41, 5.74) is 2.56. The van der Waals surface area contributed by atoms with Crippen LogP contribution in [0.15, 0.2) is 79.9 Å². The van der Waals surface area contributed by atoms with E-state index in [1.165, 1.54) is 17.8 Å². The largest absolute Gasteiger partial charge is 0.451 e. The van der Waals surface area contributed by atoms with E-state index in [1.807, 2.05) is 32.0 Å². The van der Waals surface area contributed by atoms with E-state index in [0.717, 1.165) is 16.3 Å². The van der Waals surface area contributed by atoms with Gasteiger partial charge in [-0.3, -0.25) is 9.59 Å². The van der Waals surface area contributed by atoms with Crippen molar-refractivity contribution in [1.82, 2.24) is 9.97 Å². The lowest BCUT2D eigenvalue weighted by Gasteiger charge is -2.07. The summed E-state index contributed by atoms with van der Waals surface area (Å²) >= 11 is 1.45. The molecule has 144 valence electrons. The Morgan fingerprint density at radius 2 is 1.66 bits per heavy atom. The molecule has 0 atom stereocenters. The number of fused-ring (bicyclic) bond motifs is 1. The summed E-state index contributed by atoms with van der Waals surface area (Å²) in [7, 11) is 0. The molecular formula is C22H17N3O3S. The lowest BCUT2D eigenvalue weighted by Crippen LogP contribution is -2.14. The number of nitrogens with zero attached hydrogens (tertiary/aromatic N) is 2. The standard InChI is InChI=1S/C22H17N3O3S/c1-13-11-14(2)24-22(23-13)29-16-9-7-15(8-10-16)25-21(27)20-12-18(26)17-5-3-4-6-19(17)28-20/h3-12H,1-2H3,(H,25,27). The van der Waals surface area contributed by atoms with Gasteiger partial charge in [-0.15, -0.1) is 0 Å². The van der Waals surface area contributed by atoms with Crippen LogP contribution in [-0.4, -0.2) is 15.9 Å². The molecule has 4 rings (SSSR count). The molecule has 1 N–H and O–H groups in total.